The van der Waals surface area contributed by atoms with Gasteiger partial charge in [0.2, 0.25) is 0 Å². The predicted molar refractivity (Wildman–Crippen MR) is 82.3 cm³/mol. The largest absolute Gasteiger partial charge is 0.459 e. The zero-order valence-electron chi connectivity index (χ0n) is 12.0. The van der Waals surface area contributed by atoms with Gasteiger partial charge in [-0.3, -0.25) is 0 Å². The molecule has 0 radical (unpaired) electrons. The van der Waals surface area contributed by atoms with Crippen molar-refractivity contribution in [2.45, 2.75) is 39.9 Å². The van der Waals surface area contributed by atoms with Crippen molar-refractivity contribution in [2.24, 2.45) is 5.50 Å². The van der Waals surface area contributed by atoms with Gasteiger partial charge in [0.25, 0.3) is 0 Å². The van der Waals surface area contributed by atoms with Gasteiger partial charge < -0.3 is 13.8 Å². The lowest BCUT2D eigenvalue weighted by Gasteiger charge is -2.21. The highest BCUT2D eigenvalue weighted by molar-refractivity contribution is 8.09. The average Bonchev–Trinajstić information content (AvgIpc) is 2.25. The third-order valence-electron chi connectivity index (χ3n) is 2.03. The lowest BCUT2D eigenvalue weighted by molar-refractivity contribution is 0.0376. The Hall–Kier alpha value is -0.940. The van der Waals surface area contributed by atoms with E-state index < -0.39 is 12.6 Å². The van der Waals surface area contributed by atoms with Crippen molar-refractivity contribution in [1.29, 1.82) is 0 Å². The molecule has 1 aromatic carbocycles. The van der Waals surface area contributed by atoms with Gasteiger partial charge in [-0.2, -0.15) is 0 Å². The quantitative estimate of drug-likeness (QED) is 0.641. The zero-order chi connectivity index (χ0) is 15.3. The number of para-hydroxylation sites is 1. The van der Waals surface area contributed by atoms with Crippen molar-refractivity contribution in [1.82, 2.24) is 0 Å². The topological polar surface area (TPSA) is 70.8 Å². The fourth-order valence-electron chi connectivity index (χ4n) is 1.44. The maximum atomic E-state index is 12.0. The van der Waals surface area contributed by atoms with Crippen molar-refractivity contribution in [2.75, 3.05) is 0 Å². The Morgan fingerprint density at radius 3 is 2.35 bits per heavy atom. The number of hydrogen-bond acceptors (Lipinski definition) is 5. The molecule has 1 unspecified atom stereocenters. The normalized spacial score (nSPS) is 14.2. The van der Waals surface area contributed by atoms with Crippen molar-refractivity contribution in [3.8, 4) is 5.75 Å². The van der Waals surface area contributed by atoms with Gasteiger partial charge in [-0.15, -0.1) is 0 Å². The first-order valence-corrected chi connectivity index (χ1v) is 8.98. The van der Waals surface area contributed by atoms with E-state index >= 15 is 0 Å². The van der Waals surface area contributed by atoms with Gasteiger partial charge in [0.1, 0.15) is 11.3 Å². The third-order valence-corrected chi connectivity index (χ3v) is 3.68. The molecule has 0 fully saturated rings. The van der Waals surface area contributed by atoms with Crippen LogP contribution in [-0.2, 0) is 21.1 Å². The van der Waals surface area contributed by atoms with Crippen molar-refractivity contribution >= 4 is 24.4 Å². The summed E-state index contributed by atoms with van der Waals surface area (Å²) >= 11 is 5.13. The molecular formula is C13H20NO4PS. The summed E-state index contributed by atoms with van der Waals surface area (Å²) in [6.07, 6.45) is -0.371. The van der Waals surface area contributed by atoms with Gasteiger partial charge >= 0.3 is 12.6 Å². The summed E-state index contributed by atoms with van der Waals surface area (Å²) in [5.74, 6) is -0.195. The highest BCUT2D eigenvalue weighted by Gasteiger charge is 2.21. The van der Waals surface area contributed by atoms with E-state index in [-0.39, 0.29) is 23.5 Å². The van der Waals surface area contributed by atoms with Gasteiger partial charge in [0.05, 0.1) is 12.2 Å². The molecule has 5 nitrogen and oxygen atoms in total. The maximum Gasteiger partial charge on any atom is 0.342 e. The summed E-state index contributed by atoms with van der Waals surface area (Å²) in [6, 6.07) is 6.67. The van der Waals surface area contributed by atoms with E-state index in [0.717, 1.165) is 0 Å². The lowest BCUT2D eigenvalue weighted by Crippen LogP contribution is -2.15. The Kier molecular flexibility index (Phi) is 6.14. The number of carbonyl (C=O) groups is 1. The molecule has 1 atom stereocenters. The van der Waals surface area contributed by atoms with Crippen LogP contribution >= 0.6 is 6.64 Å². The summed E-state index contributed by atoms with van der Waals surface area (Å²) in [7, 11) is 0. The summed E-state index contributed by atoms with van der Waals surface area (Å²) in [5.41, 5.74) is 6.13. The second kappa shape index (κ2) is 7.18. The first kappa shape index (κ1) is 17.1. The molecule has 0 saturated carbocycles. The summed E-state index contributed by atoms with van der Waals surface area (Å²) in [6.45, 7) is 4.23. The van der Waals surface area contributed by atoms with Crippen LogP contribution in [-0.4, -0.2) is 18.2 Å². The van der Waals surface area contributed by atoms with Crippen LogP contribution in [0.15, 0.2) is 24.3 Å². The Morgan fingerprint density at radius 1 is 1.20 bits per heavy atom. The van der Waals surface area contributed by atoms with Crippen LogP contribution in [0.2, 0.25) is 0 Å². The van der Waals surface area contributed by atoms with Crippen molar-refractivity contribution < 1.29 is 18.6 Å². The molecule has 0 aliphatic heterocycles. The van der Waals surface area contributed by atoms with E-state index in [1.807, 2.05) is 13.8 Å². The Labute approximate surface area is 124 Å². The molecular weight excluding hydrogens is 297 g/mol. The molecule has 0 spiro atoms. The van der Waals surface area contributed by atoms with Crippen LogP contribution in [0.25, 0.3) is 0 Å². The molecule has 0 heterocycles. The Bertz CT molecular complexity index is 519. The number of hydrogen-bond donors (Lipinski definition) is 1. The smallest absolute Gasteiger partial charge is 0.342 e. The highest BCUT2D eigenvalue weighted by atomic mass is 32.5. The first-order chi connectivity index (χ1) is 9.21. The molecule has 0 amide bonds. The second-order valence-corrected chi connectivity index (χ2v) is 7.74. The predicted octanol–water partition coefficient (Wildman–Crippen LogP) is 3.24. The van der Waals surface area contributed by atoms with E-state index in [2.05, 4.69) is 0 Å². The van der Waals surface area contributed by atoms with Crippen LogP contribution in [0.3, 0.4) is 0 Å². The standard InChI is InChI=1S/C13H20NO4PS/c1-9(2)16-13(15)11-7-5-6-8-12(11)18-19(14,20)17-10(3)4/h5-10H,1-4H3,(H2,14,20). The molecule has 1 rings (SSSR count). The van der Waals surface area contributed by atoms with Gasteiger partial charge in [-0.1, -0.05) is 12.1 Å². The summed E-state index contributed by atoms with van der Waals surface area (Å²) in [5, 5.41) is 0. The van der Waals surface area contributed by atoms with Crippen LogP contribution in [0.1, 0.15) is 38.1 Å². The highest BCUT2D eigenvalue weighted by Crippen LogP contribution is 2.43. The van der Waals surface area contributed by atoms with Crippen molar-refractivity contribution in [3.63, 3.8) is 0 Å². The van der Waals surface area contributed by atoms with Gasteiger partial charge in [0, 0.05) is 0 Å². The van der Waals surface area contributed by atoms with E-state index in [1.54, 1.807) is 38.1 Å². The third kappa shape index (κ3) is 5.59. The lowest BCUT2D eigenvalue weighted by atomic mass is 10.2. The number of benzene rings is 1. The fourth-order valence-corrected chi connectivity index (χ4v) is 3.27. The molecule has 7 heteroatoms. The number of nitrogens with two attached hydrogens (primary N) is 1. The second-order valence-electron chi connectivity index (χ2n) is 4.74. The molecule has 2 N–H and O–H groups in total. The minimum absolute atomic E-state index is 0.152. The monoisotopic (exact) mass is 317 g/mol. The van der Waals surface area contributed by atoms with Crippen LogP contribution in [0, 0.1) is 0 Å². The van der Waals surface area contributed by atoms with Crippen LogP contribution in [0.5, 0.6) is 5.75 Å². The first-order valence-electron chi connectivity index (χ1n) is 6.28. The molecule has 0 aliphatic rings. The SMILES string of the molecule is CC(C)OC(=O)c1ccccc1OP(N)(=S)OC(C)C. The van der Waals surface area contributed by atoms with Gasteiger partial charge in [-0.05, 0) is 51.6 Å². The molecule has 0 aromatic heterocycles. The fraction of sp³-hybridized carbons (Fsp3) is 0.462. The minimum atomic E-state index is -2.95. The van der Waals surface area contributed by atoms with Crippen LogP contribution in [0.4, 0.5) is 0 Å². The van der Waals surface area contributed by atoms with Crippen LogP contribution < -0.4 is 10.0 Å². The van der Waals surface area contributed by atoms with E-state index in [9.17, 15) is 4.79 Å². The number of carbonyl (C=O) groups excluding carboxylic acids is 1. The number of ether oxygens (including phenoxy) is 1. The minimum Gasteiger partial charge on any atom is -0.459 e. The van der Waals surface area contributed by atoms with E-state index in [1.165, 1.54) is 0 Å². The van der Waals surface area contributed by atoms with Gasteiger partial charge in [0.15, 0.2) is 0 Å². The summed E-state index contributed by atoms with van der Waals surface area (Å²) < 4.78 is 16.1. The Balaban J connectivity index is 2.96. The molecule has 112 valence electrons. The van der Waals surface area contributed by atoms with Crippen molar-refractivity contribution in [3.05, 3.63) is 29.8 Å². The average molecular weight is 317 g/mol. The van der Waals surface area contributed by atoms with Gasteiger partial charge in [-0.25, -0.2) is 10.3 Å². The number of esters is 1. The summed E-state index contributed by atoms with van der Waals surface area (Å²) in [4.78, 5) is 12.0. The maximum absolute atomic E-state index is 12.0. The van der Waals surface area contributed by atoms with E-state index in [4.69, 9.17) is 31.1 Å². The Morgan fingerprint density at radius 2 is 1.80 bits per heavy atom. The number of rotatable bonds is 6. The zero-order valence-corrected chi connectivity index (χ0v) is 13.7. The molecule has 20 heavy (non-hydrogen) atoms. The molecule has 0 bridgehead atoms. The molecule has 1 aromatic rings. The molecule has 0 aliphatic carbocycles. The molecule has 0 saturated heterocycles. The van der Waals surface area contributed by atoms with E-state index in [0.29, 0.717) is 0 Å².